The predicted molar refractivity (Wildman–Crippen MR) is 133 cm³/mol. The first-order valence-corrected chi connectivity index (χ1v) is 12.3. The second kappa shape index (κ2) is 11.0. The molecule has 0 radical (unpaired) electrons. The second-order valence-electron chi connectivity index (χ2n) is 7.14. The van der Waals surface area contributed by atoms with Crippen LogP contribution in [0.4, 0.5) is 5.69 Å². The topological polar surface area (TPSA) is 76.9 Å². The highest BCUT2D eigenvalue weighted by atomic mass is 32.2. The maximum absolute atomic E-state index is 12.7. The van der Waals surface area contributed by atoms with Gasteiger partial charge in [0.15, 0.2) is 10.9 Å². The molecule has 166 valence electrons. The first-order chi connectivity index (χ1) is 16.1. The van der Waals surface area contributed by atoms with Gasteiger partial charge in [-0.1, -0.05) is 48.2 Å². The summed E-state index contributed by atoms with van der Waals surface area (Å²) in [4.78, 5) is 25.1. The molecular weight excluding hydrogens is 452 g/mol. The van der Waals surface area contributed by atoms with Crippen molar-refractivity contribution in [3.63, 3.8) is 0 Å². The molecule has 0 aliphatic heterocycles. The number of aromatic nitrogens is 3. The van der Waals surface area contributed by atoms with Gasteiger partial charge in [0.2, 0.25) is 5.91 Å². The highest BCUT2D eigenvalue weighted by Crippen LogP contribution is 2.27. The SMILES string of the molecule is CC(=O)Nc1ccc(C(=O)CSc2nnc(CSc3ccccc3)n2-c2ccccc2)cc1. The smallest absolute Gasteiger partial charge is 0.221 e. The Balaban J connectivity index is 1.49. The number of ketones is 1. The van der Waals surface area contributed by atoms with Crippen LogP contribution in [0.5, 0.6) is 0 Å². The molecule has 0 spiro atoms. The maximum atomic E-state index is 12.7. The van der Waals surface area contributed by atoms with Crippen molar-refractivity contribution in [1.29, 1.82) is 0 Å². The number of carbonyl (C=O) groups excluding carboxylic acids is 2. The van der Waals surface area contributed by atoms with Gasteiger partial charge in [-0.3, -0.25) is 14.2 Å². The lowest BCUT2D eigenvalue weighted by atomic mass is 10.1. The van der Waals surface area contributed by atoms with Crippen LogP contribution in [0, 0.1) is 0 Å². The molecule has 0 saturated carbocycles. The van der Waals surface area contributed by atoms with Crippen LogP contribution >= 0.6 is 23.5 Å². The van der Waals surface area contributed by atoms with E-state index < -0.39 is 0 Å². The summed E-state index contributed by atoms with van der Waals surface area (Å²) in [6, 6.07) is 27.0. The fraction of sp³-hybridized carbons (Fsp3) is 0.120. The Kier molecular flexibility index (Phi) is 7.59. The van der Waals surface area contributed by atoms with Gasteiger partial charge in [0, 0.05) is 28.8 Å². The number of benzene rings is 3. The molecule has 0 saturated heterocycles. The van der Waals surface area contributed by atoms with Crippen LogP contribution in [-0.2, 0) is 10.5 Å². The molecule has 8 heteroatoms. The fourth-order valence-electron chi connectivity index (χ4n) is 3.14. The Morgan fingerprint density at radius 1 is 0.848 bits per heavy atom. The average molecular weight is 475 g/mol. The molecule has 6 nitrogen and oxygen atoms in total. The van der Waals surface area contributed by atoms with Crippen molar-refractivity contribution in [2.75, 3.05) is 11.1 Å². The lowest BCUT2D eigenvalue weighted by Gasteiger charge is -2.10. The fourth-order valence-corrected chi connectivity index (χ4v) is 4.84. The molecule has 0 atom stereocenters. The summed E-state index contributed by atoms with van der Waals surface area (Å²) >= 11 is 3.06. The van der Waals surface area contributed by atoms with Crippen LogP contribution in [0.2, 0.25) is 0 Å². The Morgan fingerprint density at radius 2 is 1.52 bits per heavy atom. The molecule has 33 heavy (non-hydrogen) atoms. The summed E-state index contributed by atoms with van der Waals surface area (Å²) in [7, 11) is 0. The zero-order valence-corrected chi connectivity index (χ0v) is 19.6. The third-order valence-corrected chi connectivity index (χ3v) is 6.62. The summed E-state index contributed by atoms with van der Waals surface area (Å²) in [6.07, 6.45) is 0. The normalized spacial score (nSPS) is 10.7. The highest BCUT2D eigenvalue weighted by molar-refractivity contribution is 7.99. The molecule has 0 aliphatic rings. The van der Waals surface area contributed by atoms with Gasteiger partial charge >= 0.3 is 0 Å². The van der Waals surface area contributed by atoms with E-state index in [-0.39, 0.29) is 17.4 Å². The molecule has 4 aromatic rings. The van der Waals surface area contributed by atoms with Crippen molar-refractivity contribution in [2.45, 2.75) is 22.7 Å². The Bertz CT molecular complexity index is 1230. The largest absolute Gasteiger partial charge is 0.326 e. The molecule has 1 amide bonds. The molecular formula is C25H22N4O2S2. The van der Waals surface area contributed by atoms with E-state index in [0.29, 0.717) is 22.2 Å². The second-order valence-corrected chi connectivity index (χ2v) is 9.13. The third kappa shape index (κ3) is 6.12. The number of Topliss-reactive ketones (excluding diaryl/α,β-unsaturated/α-hetero) is 1. The van der Waals surface area contributed by atoms with E-state index in [1.165, 1.54) is 18.7 Å². The van der Waals surface area contributed by atoms with Gasteiger partial charge in [0.25, 0.3) is 0 Å². The number of hydrogen-bond donors (Lipinski definition) is 1. The number of para-hydroxylation sites is 1. The molecule has 0 unspecified atom stereocenters. The number of amides is 1. The average Bonchev–Trinajstić information content (AvgIpc) is 3.25. The van der Waals surface area contributed by atoms with Crippen LogP contribution in [0.25, 0.3) is 5.69 Å². The van der Waals surface area contributed by atoms with E-state index in [0.717, 1.165) is 16.4 Å². The van der Waals surface area contributed by atoms with Gasteiger partial charge in [-0.15, -0.1) is 22.0 Å². The van der Waals surface area contributed by atoms with Gasteiger partial charge in [-0.25, -0.2) is 0 Å². The van der Waals surface area contributed by atoms with E-state index in [1.54, 1.807) is 36.0 Å². The van der Waals surface area contributed by atoms with E-state index >= 15 is 0 Å². The summed E-state index contributed by atoms with van der Waals surface area (Å²) in [5, 5.41) is 12.2. The molecule has 4 rings (SSSR count). The summed E-state index contributed by atoms with van der Waals surface area (Å²) in [5.74, 6) is 1.55. The Morgan fingerprint density at radius 3 is 2.18 bits per heavy atom. The van der Waals surface area contributed by atoms with Crippen molar-refractivity contribution in [2.24, 2.45) is 0 Å². The number of nitrogens with one attached hydrogen (secondary N) is 1. The molecule has 0 fully saturated rings. The highest BCUT2D eigenvalue weighted by Gasteiger charge is 2.17. The Hall–Kier alpha value is -3.36. The monoisotopic (exact) mass is 474 g/mol. The third-order valence-electron chi connectivity index (χ3n) is 4.69. The first kappa shape index (κ1) is 22.8. The number of carbonyl (C=O) groups is 2. The lowest BCUT2D eigenvalue weighted by Crippen LogP contribution is -2.07. The van der Waals surface area contributed by atoms with Gasteiger partial charge in [0.05, 0.1) is 11.5 Å². The molecule has 3 aromatic carbocycles. The van der Waals surface area contributed by atoms with Crippen LogP contribution in [-0.4, -0.2) is 32.2 Å². The molecule has 0 bridgehead atoms. The van der Waals surface area contributed by atoms with E-state index in [2.05, 4.69) is 27.6 Å². The summed E-state index contributed by atoms with van der Waals surface area (Å²) in [5.41, 5.74) is 2.21. The van der Waals surface area contributed by atoms with E-state index in [1.807, 2.05) is 53.1 Å². The zero-order valence-electron chi connectivity index (χ0n) is 18.0. The molecule has 1 heterocycles. The lowest BCUT2D eigenvalue weighted by molar-refractivity contribution is -0.114. The minimum atomic E-state index is -0.147. The quantitative estimate of drug-likeness (QED) is 0.255. The summed E-state index contributed by atoms with van der Waals surface area (Å²) in [6.45, 7) is 1.45. The first-order valence-electron chi connectivity index (χ1n) is 10.3. The summed E-state index contributed by atoms with van der Waals surface area (Å²) < 4.78 is 2.01. The van der Waals surface area contributed by atoms with Crippen molar-refractivity contribution in [3.05, 3.63) is 96.3 Å². The number of thioether (sulfide) groups is 2. The number of hydrogen-bond acceptors (Lipinski definition) is 6. The van der Waals surface area contributed by atoms with Crippen molar-refractivity contribution in [3.8, 4) is 5.69 Å². The molecule has 0 aliphatic carbocycles. The van der Waals surface area contributed by atoms with E-state index in [4.69, 9.17) is 0 Å². The minimum Gasteiger partial charge on any atom is -0.326 e. The van der Waals surface area contributed by atoms with Crippen molar-refractivity contribution < 1.29 is 9.59 Å². The molecule has 1 aromatic heterocycles. The van der Waals surface area contributed by atoms with Gasteiger partial charge in [-0.05, 0) is 48.5 Å². The molecule has 1 N–H and O–H groups in total. The standard InChI is InChI=1S/C25H22N4O2S2/c1-18(30)26-20-14-12-19(13-15-20)23(31)16-33-25-28-27-24(17-32-22-10-6-3-7-11-22)29(25)21-8-4-2-5-9-21/h2-15H,16-17H2,1H3,(H,26,30). The predicted octanol–water partition coefficient (Wildman–Crippen LogP) is 5.49. The number of anilines is 1. The van der Waals surface area contributed by atoms with Crippen molar-refractivity contribution >= 4 is 40.9 Å². The van der Waals surface area contributed by atoms with Gasteiger partial charge in [0.1, 0.15) is 5.82 Å². The van der Waals surface area contributed by atoms with Crippen LogP contribution < -0.4 is 5.32 Å². The van der Waals surface area contributed by atoms with Gasteiger partial charge in [-0.2, -0.15) is 0 Å². The Labute approximate surface area is 200 Å². The number of nitrogens with zero attached hydrogens (tertiary/aromatic N) is 3. The van der Waals surface area contributed by atoms with Crippen LogP contribution in [0.1, 0.15) is 23.1 Å². The van der Waals surface area contributed by atoms with E-state index in [9.17, 15) is 9.59 Å². The minimum absolute atomic E-state index is 0.0165. The van der Waals surface area contributed by atoms with Crippen LogP contribution in [0.3, 0.4) is 0 Å². The maximum Gasteiger partial charge on any atom is 0.221 e. The van der Waals surface area contributed by atoms with Crippen molar-refractivity contribution in [1.82, 2.24) is 14.8 Å². The van der Waals surface area contributed by atoms with Crippen LogP contribution in [0.15, 0.2) is 95.0 Å². The van der Waals surface area contributed by atoms with Gasteiger partial charge < -0.3 is 5.32 Å². The number of rotatable bonds is 9. The zero-order chi connectivity index (χ0) is 23.0.